The average Bonchev–Trinajstić information content (AvgIpc) is 2.83. The van der Waals surface area contributed by atoms with Gasteiger partial charge in [-0.3, -0.25) is 4.98 Å². The van der Waals surface area contributed by atoms with Gasteiger partial charge in [-0.05, 0) is 18.2 Å². The molecule has 1 N–H and O–H groups in total. The van der Waals surface area contributed by atoms with Crippen molar-refractivity contribution in [3.05, 3.63) is 41.0 Å². The molecule has 82 valence electrons. The lowest BCUT2D eigenvalue weighted by Crippen LogP contribution is -2.12. The SMILES string of the molecule is Clc1ccc(C2NCCS2)c2ncccc12. The molecule has 0 aliphatic carbocycles. The van der Waals surface area contributed by atoms with Crippen LogP contribution in [0.2, 0.25) is 5.02 Å². The first-order valence-corrected chi connectivity index (χ1v) is 6.67. The highest BCUT2D eigenvalue weighted by molar-refractivity contribution is 7.99. The Morgan fingerprint density at radius 2 is 2.31 bits per heavy atom. The van der Waals surface area contributed by atoms with Crippen molar-refractivity contribution in [1.29, 1.82) is 0 Å². The van der Waals surface area contributed by atoms with E-state index in [-0.39, 0.29) is 0 Å². The van der Waals surface area contributed by atoms with E-state index in [0.717, 1.165) is 28.2 Å². The number of hydrogen-bond donors (Lipinski definition) is 1. The Hall–Kier alpha value is -0.770. The fourth-order valence-electron chi connectivity index (χ4n) is 2.00. The van der Waals surface area contributed by atoms with Crippen LogP contribution in [0.5, 0.6) is 0 Å². The number of rotatable bonds is 1. The lowest BCUT2D eigenvalue weighted by molar-refractivity contribution is 0.754. The monoisotopic (exact) mass is 250 g/mol. The number of pyridine rings is 1. The smallest absolute Gasteiger partial charge is 0.0811 e. The fourth-order valence-corrected chi connectivity index (χ4v) is 3.29. The van der Waals surface area contributed by atoms with E-state index in [0.29, 0.717) is 5.37 Å². The molecule has 0 saturated carbocycles. The summed E-state index contributed by atoms with van der Waals surface area (Å²) < 4.78 is 0. The molecule has 1 saturated heterocycles. The summed E-state index contributed by atoms with van der Waals surface area (Å²) >= 11 is 8.09. The predicted octanol–water partition coefficient (Wildman–Crippen LogP) is 3.22. The minimum Gasteiger partial charge on any atom is -0.301 e. The van der Waals surface area contributed by atoms with E-state index in [4.69, 9.17) is 11.6 Å². The summed E-state index contributed by atoms with van der Waals surface area (Å²) in [6, 6.07) is 7.98. The van der Waals surface area contributed by atoms with Crippen molar-refractivity contribution in [3.8, 4) is 0 Å². The van der Waals surface area contributed by atoms with Crippen LogP contribution in [0.15, 0.2) is 30.5 Å². The quantitative estimate of drug-likeness (QED) is 0.841. The number of fused-ring (bicyclic) bond motifs is 1. The van der Waals surface area contributed by atoms with Crippen molar-refractivity contribution < 1.29 is 0 Å². The van der Waals surface area contributed by atoms with E-state index in [2.05, 4.69) is 16.4 Å². The van der Waals surface area contributed by atoms with Gasteiger partial charge in [0.2, 0.25) is 0 Å². The number of nitrogens with zero attached hydrogens (tertiary/aromatic N) is 1. The maximum Gasteiger partial charge on any atom is 0.0811 e. The molecule has 0 spiro atoms. The number of hydrogen-bond acceptors (Lipinski definition) is 3. The van der Waals surface area contributed by atoms with Crippen LogP contribution in [0.1, 0.15) is 10.9 Å². The summed E-state index contributed by atoms with van der Waals surface area (Å²) in [5.74, 6) is 1.15. The molecule has 1 aromatic carbocycles. The molecule has 2 heterocycles. The Morgan fingerprint density at radius 1 is 1.38 bits per heavy atom. The van der Waals surface area contributed by atoms with Gasteiger partial charge < -0.3 is 5.32 Å². The first-order valence-electron chi connectivity index (χ1n) is 5.24. The summed E-state index contributed by atoms with van der Waals surface area (Å²) in [6.07, 6.45) is 1.82. The van der Waals surface area contributed by atoms with E-state index in [1.54, 1.807) is 0 Å². The van der Waals surface area contributed by atoms with Crippen LogP contribution >= 0.6 is 23.4 Å². The third kappa shape index (κ3) is 1.69. The van der Waals surface area contributed by atoms with Crippen molar-refractivity contribution in [2.45, 2.75) is 5.37 Å². The standard InChI is InChI=1S/C12H11ClN2S/c13-10-4-3-9(12-15-6-7-16-12)11-8(10)2-1-5-14-11/h1-5,12,15H,6-7H2. The normalized spacial score (nSPS) is 20.4. The predicted molar refractivity (Wildman–Crippen MR) is 70.0 cm³/mol. The van der Waals surface area contributed by atoms with E-state index >= 15 is 0 Å². The van der Waals surface area contributed by atoms with E-state index in [9.17, 15) is 0 Å². The number of benzene rings is 1. The molecule has 1 fully saturated rings. The van der Waals surface area contributed by atoms with Gasteiger partial charge in [0.05, 0.1) is 10.9 Å². The topological polar surface area (TPSA) is 24.9 Å². The zero-order valence-electron chi connectivity index (χ0n) is 8.61. The van der Waals surface area contributed by atoms with Crippen molar-refractivity contribution in [2.24, 2.45) is 0 Å². The largest absolute Gasteiger partial charge is 0.301 e. The fraction of sp³-hybridized carbons (Fsp3) is 0.250. The second kappa shape index (κ2) is 4.24. The van der Waals surface area contributed by atoms with Crippen molar-refractivity contribution in [3.63, 3.8) is 0 Å². The van der Waals surface area contributed by atoms with Gasteiger partial charge in [0.1, 0.15) is 0 Å². The Balaban J connectivity index is 2.21. The third-order valence-corrected chi connectivity index (χ3v) is 4.27. The molecule has 1 aliphatic heterocycles. The molecule has 0 bridgehead atoms. The maximum absolute atomic E-state index is 6.17. The van der Waals surface area contributed by atoms with Crippen molar-refractivity contribution in [2.75, 3.05) is 12.3 Å². The lowest BCUT2D eigenvalue weighted by atomic mass is 10.1. The van der Waals surface area contributed by atoms with Crippen molar-refractivity contribution >= 4 is 34.3 Å². The average molecular weight is 251 g/mol. The van der Waals surface area contributed by atoms with Crippen LogP contribution in [-0.2, 0) is 0 Å². The lowest BCUT2D eigenvalue weighted by Gasteiger charge is -2.12. The summed E-state index contributed by atoms with van der Waals surface area (Å²) in [4.78, 5) is 4.45. The highest BCUT2D eigenvalue weighted by Gasteiger charge is 2.19. The van der Waals surface area contributed by atoms with Gasteiger partial charge in [-0.15, -0.1) is 11.8 Å². The molecule has 2 aromatic rings. The third-order valence-electron chi connectivity index (χ3n) is 2.75. The zero-order valence-corrected chi connectivity index (χ0v) is 10.2. The van der Waals surface area contributed by atoms with Crippen LogP contribution < -0.4 is 5.32 Å². The van der Waals surface area contributed by atoms with E-state index < -0.39 is 0 Å². The Morgan fingerprint density at radius 3 is 3.12 bits per heavy atom. The summed E-state index contributed by atoms with van der Waals surface area (Å²) in [5, 5.41) is 5.63. The molecule has 1 aromatic heterocycles. The van der Waals surface area contributed by atoms with E-state index in [1.807, 2.05) is 36.2 Å². The minimum absolute atomic E-state index is 0.356. The zero-order chi connectivity index (χ0) is 11.0. The molecule has 16 heavy (non-hydrogen) atoms. The van der Waals surface area contributed by atoms with Gasteiger partial charge in [-0.2, -0.15) is 0 Å². The second-order valence-electron chi connectivity index (χ2n) is 3.74. The molecule has 1 aliphatic rings. The molecule has 1 unspecified atom stereocenters. The van der Waals surface area contributed by atoms with Gasteiger partial charge >= 0.3 is 0 Å². The number of aromatic nitrogens is 1. The van der Waals surface area contributed by atoms with E-state index in [1.165, 1.54) is 5.56 Å². The van der Waals surface area contributed by atoms with Crippen LogP contribution in [0, 0.1) is 0 Å². The molecule has 1 atom stereocenters. The molecular weight excluding hydrogens is 240 g/mol. The van der Waals surface area contributed by atoms with Gasteiger partial charge in [-0.1, -0.05) is 17.7 Å². The molecule has 4 heteroatoms. The summed E-state index contributed by atoms with van der Waals surface area (Å²) in [5.41, 5.74) is 2.25. The number of halogens is 1. The Labute approximate surface area is 103 Å². The Kier molecular flexibility index (Phi) is 2.75. The highest BCUT2D eigenvalue weighted by Crippen LogP contribution is 2.35. The molecule has 0 radical (unpaired) electrons. The molecule has 0 amide bonds. The van der Waals surface area contributed by atoms with Gasteiger partial charge in [0.15, 0.2) is 0 Å². The second-order valence-corrected chi connectivity index (χ2v) is 5.36. The minimum atomic E-state index is 0.356. The molecular formula is C12H11ClN2S. The molecule has 2 nitrogen and oxygen atoms in total. The highest BCUT2D eigenvalue weighted by atomic mass is 35.5. The van der Waals surface area contributed by atoms with Crippen LogP contribution in [0.3, 0.4) is 0 Å². The molecule has 3 rings (SSSR count). The van der Waals surface area contributed by atoms with Gasteiger partial charge in [0.25, 0.3) is 0 Å². The maximum atomic E-state index is 6.17. The number of thioether (sulfide) groups is 1. The van der Waals surface area contributed by atoms with Crippen molar-refractivity contribution in [1.82, 2.24) is 10.3 Å². The summed E-state index contributed by atoms with van der Waals surface area (Å²) in [7, 11) is 0. The van der Waals surface area contributed by atoms with Crippen LogP contribution in [0.4, 0.5) is 0 Å². The summed E-state index contributed by atoms with van der Waals surface area (Å²) in [6.45, 7) is 1.06. The van der Waals surface area contributed by atoms with Crippen LogP contribution in [0.25, 0.3) is 10.9 Å². The van der Waals surface area contributed by atoms with Crippen LogP contribution in [-0.4, -0.2) is 17.3 Å². The first kappa shape index (κ1) is 10.4. The number of nitrogens with one attached hydrogen (secondary N) is 1. The Bertz CT molecular complexity index is 523. The van der Waals surface area contributed by atoms with Gasteiger partial charge in [-0.25, -0.2) is 0 Å². The first-order chi connectivity index (χ1) is 7.86. The van der Waals surface area contributed by atoms with Gasteiger partial charge in [0, 0.05) is 34.5 Å².